The van der Waals surface area contributed by atoms with Crippen molar-refractivity contribution in [3.8, 4) is 0 Å². The molecule has 1 N–H and O–H groups in total. The van der Waals surface area contributed by atoms with E-state index in [2.05, 4.69) is 29.5 Å². The maximum Gasteiger partial charge on any atom is 0.223 e. The van der Waals surface area contributed by atoms with Gasteiger partial charge in [0.1, 0.15) is 5.01 Å². The first kappa shape index (κ1) is 14.2. The zero-order valence-electron chi connectivity index (χ0n) is 11.1. The van der Waals surface area contributed by atoms with E-state index in [1.165, 1.54) is 0 Å². The van der Waals surface area contributed by atoms with Crippen LogP contribution in [0.5, 0.6) is 0 Å². The first-order valence-corrected chi connectivity index (χ1v) is 7.18. The van der Waals surface area contributed by atoms with E-state index in [4.69, 9.17) is 0 Å². The third-order valence-electron chi connectivity index (χ3n) is 2.93. The van der Waals surface area contributed by atoms with Gasteiger partial charge in [0.2, 0.25) is 5.91 Å². The number of thiazole rings is 1. The molecule has 4 heteroatoms. The minimum atomic E-state index is 0.138. The topological polar surface area (TPSA) is 42.0 Å². The molecule has 1 aromatic heterocycles. The maximum atomic E-state index is 11.8. The smallest absolute Gasteiger partial charge is 0.223 e. The van der Waals surface area contributed by atoms with E-state index in [0.717, 1.165) is 23.5 Å². The number of hydrogen-bond donors (Lipinski definition) is 1. The second-order valence-corrected chi connectivity index (χ2v) is 5.49. The van der Waals surface area contributed by atoms with E-state index >= 15 is 0 Å². The number of carbonyl (C=O) groups is 1. The molecule has 0 aliphatic rings. The van der Waals surface area contributed by atoms with Crippen LogP contribution in [0.25, 0.3) is 0 Å². The molecule has 1 heterocycles. The average Bonchev–Trinajstić information content (AvgIpc) is 2.76. The molecule has 0 aromatic carbocycles. The lowest BCUT2D eigenvalue weighted by Crippen LogP contribution is -2.29. The largest absolute Gasteiger partial charge is 0.349 e. The summed E-state index contributed by atoms with van der Waals surface area (Å²) >= 11 is 1.62. The monoisotopic (exact) mass is 254 g/mol. The highest BCUT2D eigenvalue weighted by Gasteiger charge is 2.14. The molecule has 0 atom stereocenters. The summed E-state index contributed by atoms with van der Waals surface area (Å²) < 4.78 is 0. The van der Waals surface area contributed by atoms with Gasteiger partial charge in [-0.05, 0) is 18.8 Å². The van der Waals surface area contributed by atoms with Crippen molar-refractivity contribution in [2.24, 2.45) is 5.92 Å². The molecule has 0 aliphatic heterocycles. The normalized spacial score (nSPS) is 11.2. The van der Waals surface area contributed by atoms with Gasteiger partial charge >= 0.3 is 0 Å². The van der Waals surface area contributed by atoms with Gasteiger partial charge in [0, 0.05) is 11.3 Å². The van der Waals surface area contributed by atoms with Gasteiger partial charge in [-0.15, -0.1) is 11.3 Å². The Morgan fingerprint density at radius 3 is 2.53 bits per heavy atom. The Morgan fingerprint density at radius 2 is 2.06 bits per heavy atom. The van der Waals surface area contributed by atoms with Gasteiger partial charge in [0.15, 0.2) is 0 Å². The summed E-state index contributed by atoms with van der Waals surface area (Å²) in [6.07, 6.45) is 1.80. The molecule has 96 valence electrons. The summed E-state index contributed by atoms with van der Waals surface area (Å²) in [7, 11) is 0. The van der Waals surface area contributed by atoms with Crippen LogP contribution in [0.2, 0.25) is 0 Å². The Bertz CT molecular complexity index is 356. The molecule has 1 aromatic rings. The van der Waals surface area contributed by atoms with Gasteiger partial charge in [-0.25, -0.2) is 4.98 Å². The molecule has 0 saturated carbocycles. The summed E-state index contributed by atoms with van der Waals surface area (Å²) in [5.41, 5.74) is 1.11. The summed E-state index contributed by atoms with van der Waals surface area (Å²) in [6.45, 7) is 8.91. The Balaban J connectivity index is 2.47. The fourth-order valence-electron chi connectivity index (χ4n) is 1.64. The van der Waals surface area contributed by atoms with Crippen LogP contribution < -0.4 is 5.32 Å². The van der Waals surface area contributed by atoms with Crippen LogP contribution in [0.15, 0.2) is 5.38 Å². The van der Waals surface area contributed by atoms with Gasteiger partial charge in [-0.2, -0.15) is 0 Å². The van der Waals surface area contributed by atoms with E-state index < -0.39 is 0 Å². The minimum Gasteiger partial charge on any atom is -0.349 e. The highest BCUT2D eigenvalue weighted by Crippen LogP contribution is 2.17. The Kier molecular flexibility index (Phi) is 5.62. The highest BCUT2D eigenvalue weighted by atomic mass is 32.1. The summed E-state index contributed by atoms with van der Waals surface area (Å²) in [5, 5.41) is 6.03. The van der Waals surface area contributed by atoms with Gasteiger partial charge in [0.25, 0.3) is 0 Å². The van der Waals surface area contributed by atoms with Crippen LogP contribution >= 0.6 is 11.3 Å². The van der Waals surface area contributed by atoms with Crippen molar-refractivity contribution in [1.82, 2.24) is 10.3 Å². The molecule has 3 nitrogen and oxygen atoms in total. The summed E-state index contributed by atoms with van der Waals surface area (Å²) in [4.78, 5) is 16.3. The number of aromatic nitrogens is 1. The number of nitrogens with zero attached hydrogens (tertiary/aromatic N) is 1. The number of rotatable bonds is 6. The van der Waals surface area contributed by atoms with E-state index in [-0.39, 0.29) is 11.8 Å². The molecule has 1 rings (SSSR count). The van der Waals surface area contributed by atoms with Crippen molar-refractivity contribution in [3.05, 3.63) is 16.1 Å². The quantitative estimate of drug-likeness (QED) is 0.846. The van der Waals surface area contributed by atoms with Gasteiger partial charge in [-0.1, -0.05) is 27.7 Å². The Hall–Kier alpha value is -0.900. The lowest BCUT2D eigenvalue weighted by molar-refractivity contribution is -0.125. The van der Waals surface area contributed by atoms with Crippen molar-refractivity contribution < 1.29 is 4.79 Å². The second kappa shape index (κ2) is 6.74. The zero-order valence-corrected chi connectivity index (χ0v) is 11.9. The van der Waals surface area contributed by atoms with Crippen LogP contribution in [0.4, 0.5) is 0 Å². The second-order valence-electron chi connectivity index (χ2n) is 4.55. The molecule has 0 saturated heterocycles. The van der Waals surface area contributed by atoms with Gasteiger partial charge in [-0.3, -0.25) is 4.79 Å². The molecule has 0 radical (unpaired) electrons. The standard InChI is InChI=1S/C13H22N2OS/c1-5-10(6-2)13(16)14-7-12-15-11(8-17-12)9(3)4/h8-10H,5-7H2,1-4H3,(H,14,16). The summed E-state index contributed by atoms with van der Waals surface area (Å²) in [5.74, 6) is 0.741. The number of amides is 1. The lowest BCUT2D eigenvalue weighted by Gasteiger charge is -2.11. The number of hydrogen-bond acceptors (Lipinski definition) is 3. The molecule has 0 fully saturated rings. The molecule has 1 amide bonds. The van der Waals surface area contributed by atoms with E-state index in [9.17, 15) is 4.79 Å². The molecule has 0 unspecified atom stereocenters. The predicted octanol–water partition coefficient (Wildman–Crippen LogP) is 3.32. The zero-order chi connectivity index (χ0) is 12.8. The van der Waals surface area contributed by atoms with Gasteiger partial charge in [0.05, 0.1) is 12.2 Å². The first-order valence-electron chi connectivity index (χ1n) is 6.30. The Morgan fingerprint density at radius 1 is 1.41 bits per heavy atom. The fraction of sp³-hybridized carbons (Fsp3) is 0.692. The van der Waals surface area contributed by atoms with Crippen molar-refractivity contribution in [1.29, 1.82) is 0 Å². The molecular formula is C13H22N2OS. The average molecular weight is 254 g/mol. The third kappa shape index (κ3) is 4.11. The van der Waals surface area contributed by atoms with Crippen LogP contribution in [0, 0.1) is 5.92 Å². The van der Waals surface area contributed by atoms with Crippen LogP contribution in [-0.2, 0) is 11.3 Å². The highest BCUT2D eigenvalue weighted by molar-refractivity contribution is 7.09. The number of carbonyl (C=O) groups excluding carboxylic acids is 1. The minimum absolute atomic E-state index is 0.138. The van der Waals surface area contributed by atoms with Crippen molar-refractivity contribution in [3.63, 3.8) is 0 Å². The van der Waals surface area contributed by atoms with Crippen molar-refractivity contribution in [2.45, 2.75) is 53.0 Å². The third-order valence-corrected chi connectivity index (χ3v) is 3.80. The SMILES string of the molecule is CCC(CC)C(=O)NCc1nc(C(C)C)cs1. The maximum absolute atomic E-state index is 11.8. The van der Waals surface area contributed by atoms with E-state index in [0.29, 0.717) is 12.5 Å². The Labute approximate surface area is 108 Å². The van der Waals surface area contributed by atoms with Crippen LogP contribution in [0.1, 0.15) is 57.2 Å². The molecule has 0 aliphatic carbocycles. The van der Waals surface area contributed by atoms with Crippen molar-refractivity contribution in [2.75, 3.05) is 0 Å². The van der Waals surface area contributed by atoms with Crippen LogP contribution in [0.3, 0.4) is 0 Å². The lowest BCUT2D eigenvalue weighted by atomic mass is 10.0. The molecule has 17 heavy (non-hydrogen) atoms. The van der Waals surface area contributed by atoms with E-state index in [1.807, 2.05) is 13.8 Å². The molecule has 0 spiro atoms. The number of nitrogens with one attached hydrogen (secondary N) is 1. The van der Waals surface area contributed by atoms with Crippen molar-refractivity contribution >= 4 is 17.2 Å². The first-order chi connectivity index (χ1) is 8.08. The molecule has 0 bridgehead atoms. The van der Waals surface area contributed by atoms with Gasteiger partial charge < -0.3 is 5.32 Å². The fourth-order valence-corrected chi connectivity index (χ4v) is 2.53. The van der Waals surface area contributed by atoms with Crippen LogP contribution in [-0.4, -0.2) is 10.9 Å². The molecular weight excluding hydrogens is 232 g/mol. The predicted molar refractivity (Wildman–Crippen MR) is 72.1 cm³/mol. The summed E-state index contributed by atoms with van der Waals surface area (Å²) in [6, 6.07) is 0. The van der Waals surface area contributed by atoms with E-state index in [1.54, 1.807) is 11.3 Å².